The third-order valence-electron chi connectivity index (χ3n) is 4.60. The van der Waals surface area contributed by atoms with E-state index in [0.29, 0.717) is 16.6 Å². The number of fused-ring (bicyclic) bond motifs is 1. The van der Waals surface area contributed by atoms with Crippen LogP contribution in [0.5, 0.6) is 0 Å². The molecule has 126 valence electrons. The molecule has 1 aliphatic carbocycles. The molecule has 1 atom stereocenters. The van der Waals surface area contributed by atoms with Gasteiger partial charge in [-0.25, -0.2) is 4.98 Å². The van der Waals surface area contributed by atoms with Gasteiger partial charge in [0.05, 0.1) is 11.3 Å². The van der Waals surface area contributed by atoms with Crippen LogP contribution in [0, 0.1) is 6.92 Å². The Bertz CT molecular complexity index is 887. The zero-order valence-corrected chi connectivity index (χ0v) is 14.8. The molecule has 3 aromatic rings. The topological polar surface area (TPSA) is 54.9 Å². The molecule has 1 unspecified atom stereocenters. The number of anilines is 1. The molecule has 1 amide bonds. The Morgan fingerprint density at radius 1 is 1.20 bits per heavy atom. The summed E-state index contributed by atoms with van der Waals surface area (Å²) in [4.78, 5) is 22.4. The molecule has 0 aliphatic heterocycles. The van der Waals surface area contributed by atoms with Gasteiger partial charge in [0.2, 0.25) is 0 Å². The van der Waals surface area contributed by atoms with Gasteiger partial charge in [0.25, 0.3) is 5.91 Å². The molecular formula is C20H19N3OS. The Balaban J connectivity index is 1.48. The number of aryl methyl sites for hydroxylation is 2. The van der Waals surface area contributed by atoms with Crippen LogP contribution in [0.2, 0.25) is 0 Å². The van der Waals surface area contributed by atoms with Gasteiger partial charge in [-0.2, -0.15) is 0 Å². The van der Waals surface area contributed by atoms with Crippen molar-refractivity contribution in [1.29, 1.82) is 0 Å². The Kier molecular flexibility index (Phi) is 4.32. The molecule has 4 nitrogen and oxygen atoms in total. The lowest BCUT2D eigenvalue weighted by Crippen LogP contribution is -2.12. The van der Waals surface area contributed by atoms with Crippen molar-refractivity contribution in [2.24, 2.45) is 0 Å². The summed E-state index contributed by atoms with van der Waals surface area (Å²) in [7, 11) is 0. The highest BCUT2D eigenvalue weighted by molar-refractivity contribution is 7.15. The molecule has 0 radical (unpaired) electrons. The summed E-state index contributed by atoms with van der Waals surface area (Å²) in [5.41, 5.74) is 3.97. The van der Waals surface area contributed by atoms with Gasteiger partial charge in [-0.15, -0.1) is 11.3 Å². The van der Waals surface area contributed by atoms with E-state index < -0.39 is 0 Å². The molecule has 0 bridgehead atoms. The third kappa shape index (κ3) is 3.46. The third-order valence-corrected chi connectivity index (χ3v) is 5.64. The summed E-state index contributed by atoms with van der Waals surface area (Å²) in [6.45, 7) is 1.90. The van der Waals surface area contributed by atoms with Crippen LogP contribution in [0.1, 0.15) is 44.5 Å². The largest absolute Gasteiger partial charge is 0.298 e. The number of amides is 1. The fourth-order valence-electron chi connectivity index (χ4n) is 3.21. The van der Waals surface area contributed by atoms with Crippen LogP contribution < -0.4 is 5.32 Å². The van der Waals surface area contributed by atoms with Gasteiger partial charge < -0.3 is 0 Å². The quantitative estimate of drug-likeness (QED) is 0.764. The van der Waals surface area contributed by atoms with E-state index in [1.807, 2.05) is 13.0 Å². The SMILES string of the molecule is Cc1ccc(C(=O)Nc2nc3c(s2)CC(c2ccccc2)CC3)cn1. The Labute approximate surface area is 151 Å². The Morgan fingerprint density at radius 3 is 2.80 bits per heavy atom. The minimum Gasteiger partial charge on any atom is -0.298 e. The molecule has 1 aliphatic rings. The highest BCUT2D eigenvalue weighted by Gasteiger charge is 2.24. The number of carbonyl (C=O) groups is 1. The summed E-state index contributed by atoms with van der Waals surface area (Å²) in [6, 6.07) is 14.3. The van der Waals surface area contributed by atoms with E-state index in [4.69, 9.17) is 0 Å². The molecule has 2 aromatic heterocycles. The zero-order valence-electron chi connectivity index (χ0n) is 14.0. The first-order valence-electron chi connectivity index (χ1n) is 8.46. The molecule has 0 spiro atoms. The van der Waals surface area contributed by atoms with Crippen molar-refractivity contribution in [2.45, 2.75) is 32.1 Å². The Hall–Kier alpha value is -2.53. The average molecular weight is 349 g/mol. The van der Waals surface area contributed by atoms with E-state index in [2.05, 4.69) is 45.6 Å². The standard InChI is InChI=1S/C20H19N3OS/c1-13-7-8-16(12-21-13)19(24)23-20-22-17-10-9-15(11-18(17)25-20)14-5-3-2-4-6-14/h2-8,12,15H,9-11H2,1H3,(H,22,23,24). The van der Waals surface area contributed by atoms with Gasteiger partial charge in [-0.05, 0) is 49.8 Å². The van der Waals surface area contributed by atoms with E-state index in [-0.39, 0.29) is 5.91 Å². The number of nitrogens with one attached hydrogen (secondary N) is 1. The van der Waals surface area contributed by atoms with Crippen molar-refractivity contribution in [3.8, 4) is 0 Å². The maximum Gasteiger partial charge on any atom is 0.259 e. The van der Waals surface area contributed by atoms with Crippen molar-refractivity contribution < 1.29 is 4.79 Å². The lowest BCUT2D eigenvalue weighted by atomic mass is 9.85. The Morgan fingerprint density at radius 2 is 2.04 bits per heavy atom. The van der Waals surface area contributed by atoms with Crippen LogP contribution in [-0.2, 0) is 12.8 Å². The number of nitrogens with zero attached hydrogens (tertiary/aromatic N) is 2. The van der Waals surface area contributed by atoms with Crippen LogP contribution in [0.4, 0.5) is 5.13 Å². The fraction of sp³-hybridized carbons (Fsp3) is 0.250. The van der Waals surface area contributed by atoms with Gasteiger partial charge in [0, 0.05) is 16.8 Å². The molecule has 1 aromatic carbocycles. The molecule has 1 N–H and O–H groups in total. The van der Waals surface area contributed by atoms with E-state index in [0.717, 1.165) is 30.7 Å². The molecule has 4 rings (SSSR count). The second-order valence-electron chi connectivity index (χ2n) is 6.38. The number of thiazole rings is 1. The highest BCUT2D eigenvalue weighted by atomic mass is 32.1. The van der Waals surface area contributed by atoms with Gasteiger partial charge in [0.1, 0.15) is 0 Å². The summed E-state index contributed by atoms with van der Waals surface area (Å²) in [5.74, 6) is 0.386. The summed E-state index contributed by atoms with van der Waals surface area (Å²) >= 11 is 1.60. The summed E-state index contributed by atoms with van der Waals surface area (Å²) in [6.07, 6.45) is 4.67. The van der Waals surface area contributed by atoms with Crippen LogP contribution in [0.25, 0.3) is 0 Å². The minimum atomic E-state index is -0.154. The smallest absolute Gasteiger partial charge is 0.259 e. The maximum atomic E-state index is 12.3. The molecule has 0 saturated heterocycles. The van der Waals surface area contributed by atoms with E-state index in [1.54, 1.807) is 23.6 Å². The van der Waals surface area contributed by atoms with Gasteiger partial charge in [-0.1, -0.05) is 30.3 Å². The molecule has 5 heteroatoms. The van der Waals surface area contributed by atoms with Crippen LogP contribution in [-0.4, -0.2) is 15.9 Å². The minimum absolute atomic E-state index is 0.154. The lowest BCUT2D eigenvalue weighted by Gasteiger charge is -2.21. The number of benzene rings is 1. The predicted octanol–water partition coefficient (Wildman–Crippen LogP) is 4.37. The first kappa shape index (κ1) is 16.0. The molecular weight excluding hydrogens is 330 g/mol. The van der Waals surface area contributed by atoms with Crippen molar-refractivity contribution in [3.63, 3.8) is 0 Å². The average Bonchev–Trinajstić information content (AvgIpc) is 3.04. The zero-order chi connectivity index (χ0) is 17.2. The van der Waals surface area contributed by atoms with E-state index >= 15 is 0 Å². The second-order valence-corrected chi connectivity index (χ2v) is 7.47. The van der Waals surface area contributed by atoms with Crippen molar-refractivity contribution in [2.75, 3.05) is 5.32 Å². The first-order chi connectivity index (χ1) is 12.2. The van der Waals surface area contributed by atoms with E-state index in [9.17, 15) is 4.79 Å². The number of aromatic nitrogens is 2. The lowest BCUT2D eigenvalue weighted by molar-refractivity contribution is 0.102. The number of carbonyl (C=O) groups excluding carboxylic acids is 1. The highest BCUT2D eigenvalue weighted by Crippen LogP contribution is 2.36. The molecule has 25 heavy (non-hydrogen) atoms. The molecule has 2 heterocycles. The summed E-state index contributed by atoms with van der Waals surface area (Å²) < 4.78 is 0. The van der Waals surface area contributed by atoms with Crippen molar-refractivity contribution >= 4 is 22.4 Å². The number of pyridine rings is 1. The van der Waals surface area contributed by atoms with Crippen LogP contribution in [0.15, 0.2) is 48.7 Å². The van der Waals surface area contributed by atoms with E-state index in [1.165, 1.54) is 10.4 Å². The fourth-order valence-corrected chi connectivity index (χ4v) is 4.29. The monoisotopic (exact) mass is 349 g/mol. The van der Waals surface area contributed by atoms with Crippen molar-refractivity contribution in [1.82, 2.24) is 9.97 Å². The number of hydrogen-bond donors (Lipinski definition) is 1. The first-order valence-corrected chi connectivity index (χ1v) is 9.28. The maximum absolute atomic E-state index is 12.3. The normalized spacial score (nSPS) is 16.3. The van der Waals surface area contributed by atoms with Crippen LogP contribution in [0.3, 0.4) is 0 Å². The predicted molar refractivity (Wildman–Crippen MR) is 100 cm³/mol. The second kappa shape index (κ2) is 6.76. The van der Waals surface area contributed by atoms with Gasteiger partial charge in [-0.3, -0.25) is 15.1 Å². The van der Waals surface area contributed by atoms with Crippen molar-refractivity contribution in [3.05, 3.63) is 76.1 Å². The van der Waals surface area contributed by atoms with Gasteiger partial charge >= 0.3 is 0 Å². The molecule has 0 saturated carbocycles. The summed E-state index contributed by atoms with van der Waals surface area (Å²) in [5, 5.41) is 3.60. The molecule has 0 fully saturated rings. The number of hydrogen-bond acceptors (Lipinski definition) is 4. The van der Waals surface area contributed by atoms with Crippen LogP contribution >= 0.6 is 11.3 Å². The van der Waals surface area contributed by atoms with Gasteiger partial charge in [0.15, 0.2) is 5.13 Å². The number of rotatable bonds is 3.